The molecule has 2 amide bonds. The van der Waals surface area contributed by atoms with Crippen LogP contribution in [0.15, 0.2) is 48.2 Å². The third-order valence-corrected chi connectivity index (χ3v) is 5.50. The predicted molar refractivity (Wildman–Crippen MR) is 113 cm³/mol. The Kier molecular flexibility index (Phi) is 6.02. The molecular weight excluding hydrogens is 402 g/mol. The third-order valence-electron chi connectivity index (χ3n) is 5.50. The van der Waals surface area contributed by atoms with Gasteiger partial charge in [-0.25, -0.2) is 13.7 Å². The number of halogens is 2. The minimum atomic E-state index is -0.828. The highest BCUT2D eigenvalue weighted by Gasteiger charge is 2.43. The van der Waals surface area contributed by atoms with Crippen LogP contribution in [0, 0.1) is 11.6 Å². The van der Waals surface area contributed by atoms with Crippen molar-refractivity contribution in [3.63, 3.8) is 0 Å². The number of carbonyl (C=O) groups is 2. The molecule has 2 aliphatic heterocycles. The molecule has 0 unspecified atom stereocenters. The summed E-state index contributed by atoms with van der Waals surface area (Å²) in [6.45, 7) is 3.85. The highest BCUT2D eigenvalue weighted by molar-refractivity contribution is 6.45. The van der Waals surface area contributed by atoms with E-state index in [0.29, 0.717) is 31.0 Å². The van der Waals surface area contributed by atoms with Crippen LogP contribution in [0.4, 0.5) is 14.5 Å². The van der Waals surface area contributed by atoms with Gasteiger partial charge in [0.25, 0.3) is 11.8 Å². The van der Waals surface area contributed by atoms with E-state index in [4.69, 9.17) is 4.74 Å². The van der Waals surface area contributed by atoms with Crippen LogP contribution in [-0.2, 0) is 9.59 Å². The number of rotatable bonds is 6. The van der Waals surface area contributed by atoms with E-state index >= 15 is 0 Å². The lowest BCUT2D eigenvalue weighted by atomic mass is 10.0. The zero-order valence-corrected chi connectivity index (χ0v) is 17.4. The van der Waals surface area contributed by atoms with E-state index in [0.717, 1.165) is 48.8 Å². The highest BCUT2D eigenvalue weighted by Crippen LogP contribution is 2.37. The summed E-state index contributed by atoms with van der Waals surface area (Å²) in [5.74, 6) is -2.17. The van der Waals surface area contributed by atoms with Crippen LogP contribution in [0.5, 0.6) is 5.75 Å². The maximum Gasteiger partial charge on any atom is 0.282 e. The molecule has 162 valence electrons. The Morgan fingerprint density at radius 1 is 0.935 bits per heavy atom. The van der Waals surface area contributed by atoms with Gasteiger partial charge in [-0.15, -0.1) is 0 Å². The maximum atomic E-state index is 14.5. The minimum Gasteiger partial charge on any atom is -0.494 e. The lowest BCUT2D eigenvalue weighted by molar-refractivity contribution is -0.120. The van der Waals surface area contributed by atoms with E-state index in [-0.39, 0.29) is 17.0 Å². The smallest absolute Gasteiger partial charge is 0.282 e. The molecule has 7 heteroatoms. The second-order valence-electron chi connectivity index (χ2n) is 7.69. The second kappa shape index (κ2) is 8.88. The van der Waals surface area contributed by atoms with Crippen molar-refractivity contribution in [2.45, 2.75) is 32.6 Å². The highest BCUT2D eigenvalue weighted by atomic mass is 19.1. The number of hydrogen-bond acceptors (Lipinski definition) is 4. The SMILES string of the molecule is CCCOc1ccc(C2=C(N3CCCCC3)C(=O)N(c3cc(F)ccc3F)C2=O)cc1. The Morgan fingerprint density at radius 2 is 1.65 bits per heavy atom. The topological polar surface area (TPSA) is 49.9 Å². The summed E-state index contributed by atoms with van der Waals surface area (Å²) < 4.78 is 33.9. The molecule has 5 nitrogen and oxygen atoms in total. The van der Waals surface area contributed by atoms with E-state index in [2.05, 4.69) is 0 Å². The Balaban J connectivity index is 1.77. The standard InChI is InChI=1S/C24H24F2N2O3/c1-2-14-31-18-9-6-16(7-10-18)21-22(27-12-4-3-5-13-27)24(30)28(23(21)29)20-15-17(25)8-11-19(20)26/h6-11,15H,2-5,12-14H2,1H3. The van der Waals surface area contributed by atoms with Gasteiger partial charge in [0.15, 0.2) is 0 Å². The number of ether oxygens (including phenoxy) is 1. The third kappa shape index (κ3) is 4.04. The molecule has 2 heterocycles. The molecule has 0 bridgehead atoms. The molecule has 4 rings (SSSR count). The molecule has 0 spiro atoms. The van der Waals surface area contributed by atoms with Crippen molar-refractivity contribution in [3.05, 3.63) is 65.4 Å². The van der Waals surface area contributed by atoms with Gasteiger partial charge < -0.3 is 9.64 Å². The van der Waals surface area contributed by atoms with Gasteiger partial charge in [0.1, 0.15) is 23.1 Å². The number of carbonyl (C=O) groups excluding carboxylic acids is 2. The molecule has 0 radical (unpaired) electrons. The first-order chi connectivity index (χ1) is 15.0. The van der Waals surface area contributed by atoms with Gasteiger partial charge in [-0.2, -0.15) is 0 Å². The number of nitrogens with zero attached hydrogens (tertiary/aromatic N) is 2. The normalized spacial score (nSPS) is 17.0. The Labute approximate surface area is 179 Å². The quantitative estimate of drug-likeness (QED) is 0.637. The van der Waals surface area contributed by atoms with Gasteiger partial charge in [-0.3, -0.25) is 9.59 Å². The van der Waals surface area contributed by atoms with Crippen LogP contribution < -0.4 is 9.64 Å². The van der Waals surface area contributed by atoms with Gasteiger partial charge >= 0.3 is 0 Å². The lowest BCUT2D eigenvalue weighted by Crippen LogP contribution is -2.37. The largest absolute Gasteiger partial charge is 0.494 e. The Bertz CT molecular complexity index is 1030. The number of imide groups is 1. The molecule has 2 aliphatic rings. The molecular formula is C24H24F2N2O3. The van der Waals surface area contributed by atoms with Crippen molar-refractivity contribution >= 4 is 23.1 Å². The van der Waals surface area contributed by atoms with Crippen molar-refractivity contribution in [2.24, 2.45) is 0 Å². The molecule has 0 atom stereocenters. The van der Waals surface area contributed by atoms with Crippen LogP contribution in [0.3, 0.4) is 0 Å². The Hall–Kier alpha value is -3.22. The predicted octanol–water partition coefficient (Wildman–Crippen LogP) is 4.52. The van der Waals surface area contributed by atoms with Gasteiger partial charge in [-0.05, 0) is 55.5 Å². The fraction of sp³-hybridized carbons (Fsp3) is 0.333. The molecule has 1 saturated heterocycles. The van der Waals surface area contributed by atoms with Crippen molar-refractivity contribution in [1.29, 1.82) is 0 Å². The summed E-state index contributed by atoms with van der Waals surface area (Å²) in [6.07, 6.45) is 3.72. The summed E-state index contributed by atoms with van der Waals surface area (Å²) in [5.41, 5.74) is 0.623. The average molecular weight is 426 g/mol. The van der Waals surface area contributed by atoms with Crippen LogP contribution >= 0.6 is 0 Å². The maximum absolute atomic E-state index is 14.5. The van der Waals surface area contributed by atoms with E-state index in [1.54, 1.807) is 24.3 Å². The molecule has 2 aromatic rings. The first-order valence-corrected chi connectivity index (χ1v) is 10.6. The van der Waals surface area contributed by atoms with Crippen LogP contribution in [-0.4, -0.2) is 36.4 Å². The number of hydrogen-bond donors (Lipinski definition) is 0. The molecule has 31 heavy (non-hydrogen) atoms. The summed E-state index contributed by atoms with van der Waals surface area (Å²) in [4.78, 5) is 29.4. The molecule has 1 fully saturated rings. The number of piperidine rings is 1. The van der Waals surface area contributed by atoms with Crippen molar-refractivity contribution in [2.75, 3.05) is 24.6 Å². The number of benzene rings is 2. The van der Waals surface area contributed by atoms with Gasteiger partial charge in [0.2, 0.25) is 0 Å². The van der Waals surface area contributed by atoms with E-state index in [1.807, 2.05) is 11.8 Å². The summed E-state index contributed by atoms with van der Waals surface area (Å²) in [5, 5.41) is 0. The number of amides is 2. The zero-order chi connectivity index (χ0) is 22.0. The van der Waals surface area contributed by atoms with E-state index in [9.17, 15) is 18.4 Å². The fourth-order valence-electron chi connectivity index (χ4n) is 4.00. The van der Waals surface area contributed by atoms with Crippen LogP contribution in [0.1, 0.15) is 38.2 Å². The summed E-state index contributed by atoms with van der Waals surface area (Å²) in [6, 6.07) is 9.69. The minimum absolute atomic E-state index is 0.206. The van der Waals surface area contributed by atoms with Gasteiger partial charge in [0, 0.05) is 19.2 Å². The monoisotopic (exact) mass is 426 g/mol. The molecule has 0 aliphatic carbocycles. The molecule has 0 N–H and O–H groups in total. The molecule has 2 aromatic carbocycles. The fourth-order valence-corrected chi connectivity index (χ4v) is 4.00. The summed E-state index contributed by atoms with van der Waals surface area (Å²) >= 11 is 0. The molecule has 0 aromatic heterocycles. The van der Waals surface area contributed by atoms with Crippen molar-refractivity contribution in [1.82, 2.24) is 4.90 Å². The van der Waals surface area contributed by atoms with E-state index in [1.165, 1.54) is 0 Å². The van der Waals surface area contributed by atoms with Crippen molar-refractivity contribution in [3.8, 4) is 5.75 Å². The van der Waals surface area contributed by atoms with Crippen LogP contribution in [0.2, 0.25) is 0 Å². The first kappa shape index (κ1) is 21.0. The lowest BCUT2D eigenvalue weighted by Gasteiger charge is -2.29. The number of likely N-dealkylation sites (tertiary alicyclic amines) is 1. The average Bonchev–Trinajstić information content (AvgIpc) is 3.05. The van der Waals surface area contributed by atoms with Crippen molar-refractivity contribution < 1.29 is 23.1 Å². The first-order valence-electron chi connectivity index (χ1n) is 10.6. The van der Waals surface area contributed by atoms with Gasteiger partial charge in [0.05, 0.1) is 17.9 Å². The number of anilines is 1. The van der Waals surface area contributed by atoms with Crippen LogP contribution in [0.25, 0.3) is 5.57 Å². The summed E-state index contributed by atoms with van der Waals surface area (Å²) in [7, 11) is 0. The van der Waals surface area contributed by atoms with E-state index < -0.39 is 23.4 Å². The second-order valence-corrected chi connectivity index (χ2v) is 7.69. The zero-order valence-electron chi connectivity index (χ0n) is 17.4. The van der Waals surface area contributed by atoms with Gasteiger partial charge in [-0.1, -0.05) is 19.1 Å². The Morgan fingerprint density at radius 3 is 2.32 bits per heavy atom. The molecule has 0 saturated carbocycles.